The van der Waals surface area contributed by atoms with Crippen molar-refractivity contribution in [1.29, 1.82) is 0 Å². The summed E-state index contributed by atoms with van der Waals surface area (Å²) in [6.45, 7) is 5.54. The number of carbonyl (C=O) groups is 1. The molecular formula is C22H29F2N3O3. The quantitative estimate of drug-likeness (QED) is 0.736. The Bertz CT molecular complexity index is 959. The number of likely N-dealkylation sites (N-methyl/N-ethyl adjacent to an activating group) is 1. The highest BCUT2D eigenvalue weighted by molar-refractivity contribution is 5.95. The molecule has 0 radical (unpaired) electrons. The van der Waals surface area contributed by atoms with Crippen molar-refractivity contribution in [2.45, 2.75) is 71.9 Å². The van der Waals surface area contributed by atoms with Crippen LogP contribution in [0.3, 0.4) is 0 Å². The van der Waals surface area contributed by atoms with Gasteiger partial charge in [0, 0.05) is 31.5 Å². The van der Waals surface area contributed by atoms with Crippen LogP contribution in [0.1, 0.15) is 62.8 Å². The van der Waals surface area contributed by atoms with Crippen LogP contribution in [0.15, 0.2) is 28.1 Å². The molecule has 1 aromatic rings. The number of allylic oxidation sites excluding steroid dienone is 4. The van der Waals surface area contributed by atoms with Gasteiger partial charge in [-0.05, 0) is 44.8 Å². The molecule has 1 aliphatic heterocycles. The van der Waals surface area contributed by atoms with Crippen molar-refractivity contribution in [2.75, 3.05) is 7.05 Å². The molecular weight excluding hydrogens is 392 g/mol. The fourth-order valence-corrected chi connectivity index (χ4v) is 4.66. The summed E-state index contributed by atoms with van der Waals surface area (Å²) in [5.74, 6) is -0.639. The number of nitrogens with zero attached hydrogens (tertiary/aromatic N) is 3. The van der Waals surface area contributed by atoms with E-state index in [-0.39, 0.29) is 17.3 Å². The maximum atomic E-state index is 13.2. The van der Waals surface area contributed by atoms with Gasteiger partial charge in [0.2, 0.25) is 5.75 Å². The fourth-order valence-electron chi connectivity index (χ4n) is 4.66. The highest BCUT2D eigenvalue weighted by Gasteiger charge is 2.40. The predicted octanol–water partition coefficient (Wildman–Crippen LogP) is 3.68. The Morgan fingerprint density at radius 2 is 1.97 bits per heavy atom. The molecule has 0 aromatic carbocycles. The Morgan fingerprint density at radius 3 is 2.53 bits per heavy atom. The molecule has 2 aliphatic rings. The Labute approximate surface area is 174 Å². The first-order valence-electron chi connectivity index (χ1n) is 10.3. The molecule has 30 heavy (non-hydrogen) atoms. The zero-order chi connectivity index (χ0) is 22.2. The second-order valence-corrected chi connectivity index (χ2v) is 8.50. The second-order valence-electron chi connectivity index (χ2n) is 8.50. The molecule has 0 unspecified atom stereocenters. The number of amides is 1. The standard InChI is InChI=1S/C22H29F2N3O3/c1-5-15(10-13(2)19(23)24)22(8-6-7-9-22)11-16-25-20(29)18(28)17-21(30)26(4)14(3)12-27(16)17/h5,10,14,19,28H,6-9,11-12H2,1-4H3/b13-10+,15-5+/t14-/m0/s1. The Hall–Kier alpha value is -2.51. The highest BCUT2D eigenvalue weighted by atomic mass is 19.3. The normalized spacial score (nSPS) is 22.0. The second kappa shape index (κ2) is 8.32. The number of rotatable bonds is 5. The van der Waals surface area contributed by atoms with Crippen LogP contribution in [0.25, 0.3) is 0 Å². The van der Waals surface area contributed by atoms with Crippen LogP contribution >= 0.6 is 0 Å². The van der Waals surface area contributed by atoms with Crippen LogP contribution in [0.2, 0.25) is 0 Å². The van der Waals surface area contributed by atoms with Gasteiger partial charge in [-0.15, -0.1) is 0 Å². The van der Waals surface area contributed by atoms with E-state index in [9.17, 15) is 23.5 Å². The summed E-state index contributed by atoms with van der Waals surface area (Å²) in [5.41, 5.74) is -0.501. The van der Waals surface area contributed by atoms with E-state index in [4.69, 9.17) is 0 Å². The number of alkyl halides is 2. The van der Waals surface area contributed by atoms with E-state index in [2.05, 4.69) is 4.98 Å². The van der Waals surface area contributed by atoms with Gasteiger partial charge in [0.05, 0.1) is 0 Å². The molecule has 0 saturated heterocycles. The molecule has 0 spiro atoms. The molecule has 1 aromatic heterocycles. The maximum absolute atomic E-state index is 13.2. The number of aromatic hydroxyl groups is 1. The summed E-state index contributed by atoms with van der Waals surface area (Å²) in [6.07, 6.45) is 4.70. The molecule has 164 valence electrons. The van der Waals surface area contributed by atoms with Gasteiger partial charge >= 0.3 is 5.56 Å². The van der Waals surface area contributed by atoms with Gasteiger partial charge in [-0.1, -0.05) is 25.0 Å². The van der Waals surface area contributed by atoms with Crippen LogP contribution in [-0.2, 0) is 13.0 Å². The molecule has 1 atom stereocenters. The van der Waals surface area contributed by atoms with E-state index in [1.807, 2.05) is 19.9 Å². The lowest BCUT2D eigenvalue weighted by Gasteiger charge is -2.36. The average Bonchev–Trinajstić information content (AvgIpc) is 3.17. The smallest absolute Gasteiger partial charge is 0.315 e. The molecule has 1 N–H and O–H groups in total. The number of hydrogen-bond acceptors (Lipinski definition) is 4. The van der Waals surface area contributed by atoms with Gasteiger partial charge < -0.3 is 14.6 Å². The van der Waals surface area contributed by atoms with E-state index in [0.29, 0.717) is 18.8 Å². The van der Waals surface area contributed by atoms with Crippen LogP contribution in [0.5, 0.6) is 5.75 Å². The minimum atomic E-state index is -2.53. The number of aromatic nitrogens is 2. The number of hydrogen-bond donors (Lipinski definition) is 1. The molecule has 1 amide bonds. The lowest BCUT2D eigenvalue weighted by atomic mass is 9.74. The molecule has 1 aliphatic carbocycles. The first-order valence-corrected chi connectivity index (χ1v) is 10.3. The van der Waals surface area contributed by atoms with E-state index >= 15 is 0 Å². The summed E-state index contributed by atoms with van der Waals surface area (Å²) < 4.78 is 28.0. The van der Waals surface area contributed by atoms with E-state index < -0.39 is 29.1 Å². The monoisotopic (exact) mass is 421 g/mol. The van der Waals surface area contributed by atoms with Gasteiger partial charge in [0.25, 0.3) is 12.3 Å². The number of halogens is 2. The first-order chi connectivity index (χ1) is 14.1. The van der Waals surface area contributed by atoms with Gasteiger partial charge in [0.1, 0.15) is 5.82 Å². The lowest BCUT2D eigenvalue weighted by molar-refractivity contribution is 0.0660. The number of carbonyl (C=O) groups excluding carboxylic acids is 1. The van der Waals surface area contributed by atoms with Gasteiger partial charge in [-0.2, -0.15) is 4.98 Å². The topological polar surface area (TPSA) is 75.4 Å². The van der Waals surface area contributed by atoms with E-state index in [0.717, 1.165) is 31.3 Å². The minimum absolute atomic E-state index is 0.00217. The van der Waals surface area contributed by atoms with Gasteiger partial charge in [-0.3, -0.25) is 9.59 Å². The Kier molecular flexibility index (Phi) is 6.15. The molecule has 6 nitrogen and oxygen atoms in total. The SMILES string of the molecule is C/C=C(\C=C(/C)C(F)F)C1(Cc2nc(=O)c(O)c3n2C[C@H](C)N(C)C3=O)CCCC1. The fraction of sp³-hybridized carbons (Fsp3) is 0.591. The predicted molar refractivity (Wildman–Crippen MR) is 110 cm³/mol. The zero-order valence-electron chi connectivity index (χ0n) is 17.9. The van der Waals surface area contributed by atoms with Crippen LogP contribution in [0, 0.1) is 5.41 Å². The average molecular weight is 421 g/mol. The highest BCUT2D eigenvalue weighted by Crippen LogP contribution is 2.47. The van der Waals surface area contributed by atoms with Crippen LogP contribution in [-0.4, -0.2) is 45.0 Å². The van der Waals surface area contributed by atoms with Crippen molar-refractivity contribution >= 4 is 5.91 Å². The maximum Gasteiger partial charge on any atom is 0.315 e. The molecule has 3 rings (SSSR count). The van der Waals surface area contributed by atoms with Gasteiger partial charge in [0.15, 0.2) is 5.69 Å². The van der Waals surface area contributed by atoms with Crippen molar-refractivity contribution in [3.8, 4) is 5.75 Å². The molecule has 0 bridgehead atoms. The van der Waals surface area contributed by atoms with Crippen LogP contribution < -0.4 is 5.56 Å². The van der Waals surface area contributed by atoms with Crippen molar-refractivity contribution in [3.05, 3.63) is 45.2 Å². The largest absolute Gasteiger partial charge is 0.501 e. The third-order valence-corrected chi connectivity index (χ3v) is 6.58. The van der Waals surface area contributed by atoms with Crippen molar-refractivity contribution in [2.24, 2.45) is 5.41 Å². The van der Waals surface area contributed by atoms with Gasteiger partial charge in [-0.25, -0.2) is 8.78 Å². The van der Waals surface area contributed by atoms with E-state index in [1.54, 1.807) is 17.7 Å². The summed E-state index contributed by atoms with van der Waals surface area (Å²) >= 11 is 0. The van der Waals surface area contributed by atoms with Crippen molar-refractivity contribution < 1.29 is 18.7 Å². The molecule has 1 saturated carbocycles. The third kappa shape index (κ3) is 3.79. The van der Waals surface area contributed by atoms with Crippen molar-refractivity contribution in [3.63, 3.8) is 0 Å². The minimum Gasteiger partial charge on any atom is -0.501 e. The summed E-state index contributed by atoms with van der Waals surface area (Å²) in [4.78, 5) is 30.7. The molecule has 2 heterocycles. The summed E-state index contributed by atoms with van der Waals surface area (Å²) in [5, 5.41) is 10.3. The third-order valence-electron chi connectivity index (χ3n) is 6.58. The Morgan fingerprint density at radius 1 is 1.33 bits per heavy atom. The van der Waals surface area contributed by atoms with E-state index in [1.165, 1.54) is 11.8 Å². The van der Waals surface area contributed by atoms with Crippen molar-refractivity contribution in [1.82, 2.24) is 14.5 Å². The number of fused-ring (bicyclic) bond motifs is 1. The Balaban J connectivity index is 2.12. The van der Waals surface area contributed by atoms with Crippen LogP contribution in [0.4, 0.5) is 8.78 Å². The zero-order valence-corrected chi connectivity index (χ0v) is 17.9. The molecule has 8 heteroatoms. The molecule has 1 fully saturated rings. The summed E-state index contributed by atoms with van der Waals surface area (Å²) in [7, 11) is 1.63. The summed E-state index contributed by atoms with van der Waals surface area (Å²) in [6, 6.07) is -0.130. The first kappa shape index (κ1) is 22.2. The lowest BCUT2D eigenvalue weighted by Crippen LogP contribution is -2.46.